The number of nitrogens with one attached hydrogen (secondary N) is 1. The first-order valence-electron chi connectivity index (χ1n) is 12.1. The van der Waals surface area contributed by atoms with Crippen LogP contribution < -0.4 is 5.32 Å². The van der Waals surface area contributed by atoms with E-state index < -0.39 is 36.7 Å². The Morgan fingerprint density at radius 3 is 2.08 bits per heavy atom. The highest BCUT2D eigenvalue weighted by Crippen LogP contribution is 2.44. The number of amides is 2. The fourth-order valence-electron chi connectivity index (χ4n) is 4.56. The summed E-state index contributed by atoms with van der Waals surface area (Å²) in [4.78, 5) is 38.1. The van der Waals surface area contributed by atoms with Gasteiger partial charge in [0.25, 0.3) is 0 Å². The first-order chi connectivity index (χ1) is 17.8. The number of carbonyl (C=O) groups is 3. The predicted molar refractivity (Wildman–Crippen MR) is 138 cm³/mol. The van der Waals surface area contributed by atoms with Crippen LogP contribution in [0.2, 0.25) is 0 Å². The first-order valence-corrected chi connectivity index (χ1v) is 12.1. The number of carbonyl (C=O) groups excluding carboxylic acids is 2. The molecule has 0 fully saturated rings. The Kier molecular flexibility index (Phi) is 8.20. The highest BCUT2D eigenvalue weighted by Gasteiger charge is 2.33. The van der Waals surface area contributed by atoms with E-state index in [1.807, 2.05) is 78.9 Å². The number of fused-ring (bicyclic) bond motifs is 3. The predicted octanol–water partition coefficient (Wildman–Crippen LogP) is 4.04. The summed E-state index contributed by atoms with van der Waals surface area (Å²) in [5, 5.41) is 11.7. The van der Waals surface area contributed by atoms with Crippen LogP contribution in [0.25, 0.3) is 11.1 Å². The van der Waals surface area contributed by atoms with Crippen LogP contribution in [0.3, 0.4) is 0 Å². The molecule has 0 spiro atoms. The van der Waals surface area contributed by atoms with Crippen molar-refractivity contribution >= 4 is 18.0 Å². The second-order valence-corrected chi connectivity index (χ2v) is 9.04. The summed E-state index contributed by atoms with van der Waals surface area (Å²) < 4.78 is 11.5. The van der Waals surface area contributed by atoms with E-state index >= 15 is 0 Å². The van der Waals surface area contributed by atoms with Crippen molar-refractivity contribution in [2.75, 3.05) is 20.2 Å². The molecule has 2 atom stereocenters. The van der Waals surface area contributed by atoms with Gasteiger partial charge in [-0.25, -0.2) is 4.79 Å². The Morgan fingerprint density at radius 1 is 0.919 bits per heavy atom. The number of aliphatic carboxylic acids is 1. The lowest BCUT2D eigenvalue weighted by atomic mass is 9.98. The number of likely N-dealkylation sites (N-methyl/N-ethyl adjacent to an activating group) is 1. The third kappa shape index (κ3) is 6.16. The topological polar surface area (TPSA) is 105 Å². The van der Waals surface area contributed by atoms with E-state index in [1.165, 1.54) is 7.05 Å². The van der Waals surface area contributed by atoms with Crippen molar-refractivity contribution in [1.29, 1.82) is 0 Å². The number of carboxylic acids is 1. The normalized spacial score (nSPS) is 13.7. The molecule has 1 aliphatic rings. The van der Waals surface area contributed by atoms with Crippen LogP contribution in [-0.2, 0) is 25.7 Å². The maximum absolute atomic E-state index is 13.1. The standard InChI is InChI=1S/C29H30N2O6/c1-19(36-17-20-10-4-3-5-11-20)27(28(34)31(2)16-26(32)33)30-29(35)37-18-25-23-14-8-6-12-21(23)22-13-7-9-15-24(22)25/h3-15,19,25,27H,16-18H2,1-2H3,(H,30,35)(H,32,33). The smallest absolute Gasteiger partial charge is 0.407 e. The molecule has 8 heteroatoms. The van der Waals surface area contributed by atoms with Crippen molar-refractivity contribution in [2.24, 2.45) is 0 Å². The van der Waals surface area contributed by atoms with Gasteiger partial charge in [0, 0.05) is 13.0 Å². The van der Waals surface area contributed by atoms with E-state index in [9.17, 15) is 14.4 Å². The number of carboxylic acid groups (broad SMARTS) is 1. The zero-order valence-electron chi connectivity index (χ0n) is 20.8. The van der Waals surface area contributed by atoms with Gasteiger partial charge in [-0.05, 0) is 34.7 Å². The number of alkyl carbamates (subject to hydrolysis) is 1. The SMILES string of the molecule is CC(OCc1ccccc1)C(NC(=O)OCC1c2ccccc2-c2ccccc21)C(=O)N(C)CC(=O)O. The van der Waals surface area contributed by atoms with Crippen LogP contribution in [0.5, 0.6) is 0 Å². The van der Waals surface area contributed by atoms with Gasteiger partial charge >= 0.3 is 12.1 Å². The highest BCUT2D eigenvalue weighted by molar-refractivity contribution is 5.88. The largest absolute Gasteiger partial charge is 0.480 e. The van der Waals surface area contributed by atoms with Gasteiger partial charge < -0.3 is 24.8 Å². The van der Waals surface area contributed by atoms with Crippen LogP contribution in [0.15, 0.2) is 78.9 Å². The number of benzene rings is 3. The minimum absolute atomic E-state index is 0.0883. The second kappa shape index (κ2) is 11.7. The van der Waals surface area contributed by atoms with E-state index in [0.717, 1.165) is 32.7 Å². The van der Waals surface area contributed by atoms with E-state index in [-0.39, 0.29) is 19.1 Å². The molecule has 3 aromatic carbocycles. The monoisotopic (exact) mass is 502 g/mol. The molecule has 2 N–H and O–H groups in total. The van der Waals surface area contributed by atoms with Gasteiger partial charge in [0.05, 0.1) is 12.7 Å². The third-order valence-electron chi connectivity index (χ3n) is 6.46. The molecule has 0 bridgehead atoms. The average molecular weight is 503 g/mol. The third-order valence-corrected chi connectivity index (χ3v) is 6.46. The molecule has 1 aliphatic carbocycles. The molecule has 2 unspecified atom stereocenters. The zero-order valence-corrected chi connectivity index (χ0v) is 20.8. The lowest BCUT2D eigenvalue weighted by Gasteiger charge is -2.28. The molecule has 0 saturated heterocycles. The molecule has 4 rings (SSSR count). The molecule has 0 saturated carbocycles. The Hall–Kier alpha value is -4.17. The molecule has 8 nitrogen and oxygen atoms in total. The molecule has 0 heterocycles. The van der Waals surface area contributed by atoms with Gasteiger partial charge in [-0.2, -0.15) is 0 Å². The lowest BCUT2D eigenvalue weighted by molar-refractivity contribution is -0.146. The van der Waals surface area contributed by atoms with Crippen molar-refractivity contribution in [2.45, 2.75) is 31.6 Å². The number of nitrogens with zero attached hydrogens (tertiary/aromatic N) is 1. The van der Waals surface area contributed by atoms with Gasteiger partial charge in [-0.15, -0.1) is 0 Å². The number of hydrogen-bond acceptors (Lipinski definition) is 5. The molecular weight excluding hydrogens is 472 g/mol. The molecule has 0 aromatic heterocycles. The quantitative estimate of drug-likeness (QED) is 0.434. The molecule has 0 aliphatic heterocycles. The average Bonchev–Trinajstić information content (AvgIpc) is 3.22. The highest BCUT2D eigenvalue weighted by atomic mass is 16.5. The fourth-order valence-corrected chi connectivity index (χ4v) is 4.56. The summed E-state index contributed by atoms with van der Waals surface area (Å²) in [7, 11) is 1.37. The molecule has 37 heavy (non-hydrogen) atoms. The van der Waals surface area contributed by atoms with Gasteiger partial charge in [0.2, 0.25) is 5.91 Å². The van der Waals surface area contributed by atoms with Crippen LogP contribution >= 0.6 is 0 Å². The molecule has 192 valence electrons. The van der Waals surface area contributed by atoms with E-state index in [2.05, 4.69) is 5.32 Å². The number of hydrogen-bond donors (Lipinski definition) is 2. The van der Waals surface area contributed by atoms with Gasteiger partial charge in [0.1, 0.15) is 19.2 Å². The van der Waals surface area contributed by atoms with E-state index in [0.29, 0.717) is 0 Å². The van der Waals surface area contributed by atoms with Crippen molar-refractivity contribution in [1.82, 2.24) is 10.2 Å². The molecule has 2 amide bonds. The lowest BCUT2D eigenvalue weighted by Crippen LogP contribution is -2.54. The van der Waals surface area contributed by atoms with Gasteiger partial charge in [-0.1, -0.05) is 78.9 Å². The van der Waals surface area contributed by atoms with Crippen LogP contribution in [-0.4, -0.2) is 60.3 Å². The number of rotatable bonds is 10. The van der Waals surface area contributed by atoms with Crippen molar-refractivity contribution in [3.8, 4) is 11.1 Å². The van der Waals surface area contributed by atoms with Crippen molar-refractivity contribution in [3.63, 3.8) is 0 Å². The minimum atomic E-state index is -1.16. The summed E-state index contributed by atoms with van der Waals surface area (Å²) >= 11 is 0. The summed E-state index contributed by atoms with van der Waals surface area (Å²) in [6.07, 6.45) is -1.52. The Morgan fingerprint density at radius 2 is 1.49 bits per heavy atom. The Balaban J connectivity index is 1.44. The maximum atomic E-state index is 13.1. The van der Waals surface area contributed by atoms with Crippen molar-refractivity contribution in [3.05, 3.63) is 95.6 Å². The van der Waals surface area contributed by atoms with E-state index in [4.69, 9.17) is 14.6 Å². The Labute approximate surface area is 215 Å². The summed E-state index contributed by atoms with van der Waals surface area (Å²) in [5.74, 6) is -1.88. The summed E-state index contributed by atoms with van der Waals surface area (Å²) in [6, 6.07) is 24.3. The van der Waals surface area contributed by atoms with Crippen LogP contribution in [0.4, 0.5) is 4.79 Å². The number of ether oxygens (including phenoxy) is 2. The van der Waals surface area contributed by atoms with Gasteiger partial charge in [-0.3, -0.25) is 9.59 Å². The van der Waals surface area contributed by atoms with Crippen LogP contribution in [0, 0.1) is 0 Å². The maximum Gasteiger partial charge on any atom is 0.407 e. The zero-order chi connectivity index (χ0) is 26.4. The molecular formula is C29H30N2O6. The van der Waals surface area contributed by atoms with Crippen molar-refractivity contribution < 1.29 is 29.0 Å². The van der Waals surface area contributed by atoms with E-state index in [1.54, 1.807) is 6.92 Å². The minimum Gasteiger partial charge on any atom is -0.480 e. The second-order valence-electron chi connectivity index (χ2n) is 9.04. The fraction of sp³-hybridized carbons (Fsp3) is 0.276. The summed E-state index contributed by atoms with van der Waals surface area (Å²) in [5.41, 5.74) is 5.27. The molecule has 3 aromatic rings. The van der Waals surface area contributed by atoms with Crippen LogP contribution in [0.1, 0.15) is 29.5 Å². The summed E-state index contributed by atoms with van der Waals surface area (Å²) in [6.45, 7) is 1.46. The van der Waals surface area contributed by atoms with Gasteiger partial charge in [0.15, 0.2) is 0 Å². The first kappa shape index (κ1) is 25.9. The Bertz CT molecular complexity index is 1220. The molecule has 0 radical (unpaired) electrons.